The van der Waals surface area contributed by atoms with Crippen LogP contribution in [0.2, 0.25) is 0 Å². The Morgan fingerprint density at radius 3 is 2.50 bits per heavy atom. The molecule has 1 N–H and O–H groups in total. The van der Waals surface area contributed by atoms with Crippen LogP contribution in [-0.2, 0) is 4.74 Å². The van der Waals surface area contributed by atoms with E-state index in [4.69, 9.17) is 4.74 Å². The van der Waals surface area contributed by atoms with Crippen LogP contribution in [0.1, 0.15) is 24.2 Å². The van der Waals surface area contributed by atoms with E-state index in [1.807, 2.05) is 24.3 Å². The molecule has 3 rings (SSSR count). The molecule has 0 aliphatic carbocycles. The van der Waals surface area contributed by atoms with Gasteiger partial charge in [0.15, 0.2) is 12.4 Å². The first-order valence-electron chi connectivity index (χ1n) is 8.02. The monoisotopic (exact) mass is 327 g/mol. The number of nitrogens with zero attached hydrogens (tertiary/aromatic N) is 2. The molecule has 6 nitrogen and oxygen atoms in total. The fourth-order valence-corrected chi connectivity index (χ4v) is 2.94. The topological polar surface area (TPSA) is 68.5 Å². The highest BCUT2D eigenvalue weighted by Gasteiger charge is 2.22. The van der Waals surface area contributed by atoms with Crippen LogP contribution in [0.3, 0.4) is 0 Å². The molecule has 1 aliphatic rings. The van der Waals surface area contributed by atoms with Crippen LogP contribution < -0.4 is 14.9 Å². The first-order chi connectivity index (χ1) is 11.5. The van der Waals surface area contributed by atoms with E-state index < -0.39 is 0 Å². The van der Waals surface area contributed by atoms with Crippen LogP contribution in [0.25, 0.3) is 0 Å². The highest BCUT2D eigenvalue weighted by molar-refractivity contribution is 6.03. The Kier molecular flexibility index (Phi) is 4.66. The normalized spacial score (nSPS) is 20.7. The highest BCUT2D eigenvalue weighted by atomic mass is 16.5. The molecule has 1 aliphatic heterocycles. The fraction of sp³-hybridized carbons (Fsp3) is 0.333. The van der Waals surface area contributed by atoms with Crippen molar-refractivity contribution in [2.45, 2.75) is 26.1 Å². The van der Waals surface area contributed by atoms with E-state index in [1.54, 1.807) is 12.1 Å². The van der Waals surface area contributed by atoms with Crippen molar-refractivity contribution in [2.24, 2.45) is 0 Å². The summed E-state index contributed by atoms with van der Waals surface area (Å²) in [7, 11) is 0. The average molecular weight is 327 g/mol. The summed E-state index contributed by atoms with van der Waals surface area (Å²) in [5, 5.41) is 14.0. The molecule has 1 aromatic carbocycles. The summed E-state index contributed by atoms with van der Waals surface area (Å²) in [6.07, 6.45) is 2.99. The zero-order valence-electron chi connectivity index (χ0n) is 13.8. The van der Waals surface area contributed by atoms with E-state index in [9.17, 15) is 10.0 Å². The fourth-order valence-electron chi connectivity index (χ4n) is 2.94. The zero-order valence-corrected chi connectivity index (χ0v) is 13.8. The lowest BCUT2D eigenvalue weighted by Gasteiger charge is -2.36. The van der Waals surface area contributed by atoms with E-state index in [1.165, 1.54) is 12.4 Å². The van der Waals surface area contributed by atoms with Crippen molar-refractivity contribution in [1.82, 2.24) is 0 Å². The lowest BCUT2D eigenvalue weighted by molar-refractivity contribution is -0.605. The number of rotatable bonds is 3. The minimum Gasteiger partial charge on any atom is -0.619 e. The van der Waals surface area contributed by atoms with Gasteiger partial charge in [-0.3, -0.25) is 4.79 Å². The van der Waals surface area contributed by atoms with Gasteiger partial charge in [0.2, 0.25) is 0 Å². The summed E-state index contributed by atoms with van der Waals surface area (Å²) in [5.41, 5.74) is 2.12. The standard InChI is InChI=1S/C18H21N3O3/c1-13-10-20(11-14(2)24-13)17-7-5-16(6-8-17)19-18(22)15-4-3-9-21(23)12-15/h3-9,12-14H,10-11H2,1-2H3,(H,19,22)/t13-,14+. The number of morpholine rings is 1. The SMILES string of the molecule is C[C@@H]1CN(c2ccc(NC(=O)c3ccc[n+]([O-])c3)cc2)C[C@H](C)O1. The van der Waals surface area contributed by atoms with Gasteiger partial charge in [-0.1, -0.05) is 0 Å². The predicted octanol–water partition coefficient (Wildman–Crippen LogP) is 2.19. The second kappa shape index (κ2) is 6.88. The highest BCUT2D eigenvalue weighted by Crippen LogP contribution is 2.22. The van der Waals surface area contributed by atoms with Crippen LogP contribution in [-0.4, -0.2) is 31.2 Å². The van der Waals surface area contributed by atoms with Crippen LogP contribution in [0.4, 0.5) is 11.4 Å². The average Bonchev–Trinajstić information content (AvgIpc) is 2.54. The Morgan fingerprint density at radius 1 is 1.21 bits per heavy atom. The maximum Gasteiger partial charge on any atom is 0.261 e. The number of amides is 1. The van der Waals surface area contributed by atoms with Gasteiger partial charge in [-0.15, -0.1) is 0 Å². The molecule has 2 heterocycles. The number of hydrogen-bond donors (Lipinski definition) is 1. The van der Waals surface area contributed by atoms with Crippen molar-refractivity contribution in [2.75, 3.05) is 23.3 Å². The second-order valence-corrected chi connectivity index (χ2v) is 6.12. The summed E-state index contributed by atoms with van der Waals surface area (Å²) < 4.78 is 6.36. The van der Waals surface area contributed by atoms with Gasteiger partial charge in [-0.2, -0.15) is 4.73 Å². The molecule has 2 atom stereocenters. The molecule has 2 aromatic rings. The molecule has 1 amide bonds. The zero-order chi connectivity index (χ0) is 17.1. The van der Waals surface area contributed by atoms with Gasteiger partial charge in [0.25, 0.3) is 5.91 Å². The molecule has 24 heavy (non-hydrogen) atoms. The first kappa shape index (κ1) is 16.3. The maximum atomic E-state index is 12.1. The minimum absolute atomic E-state index is 0.199. The molecule has 0 spiro atoms. The van der Waals surface area contributed by atoms with E-state index >= 15 is 0 Å². The van der Waals surface area contributed by atoms with Gasteiger partial charge >= 0.3 is 0 Å². The third-order valence-electron chi connectivity index (χ3n) is 3.95. The number of anilines is 2. The van der Waals surface area contributed by atoms with E-state index in [2.05, 4.69) is 24.1 Å². The molecule has 1 aromatic heterocycles. The third-order valence-corrected chi connectivity index (χ3v) is 3.95. The molecule has 0 unspecified atom stereocenters. The minimum atomic E-state index is -0.304. The van der Waals surface area contributed by atoms with Crippen molar-refractivity contribution in [3.63, 3.8) is 0 Å². The quantitative estimate of drug-likeness (QED) is 0.693. The number of carbonyl (C=O) groups is 1. The smallest absolute Gasteiger partial charge is 0.261 e. The lowest BCUT2D eigenvalue weighted by atomic mass is 10.2. The Balaban J connectivity index is 1.67. The van der Waals surface area contributed by atoms with E-state index in [-0.39, 0.29) is 18.1 Å². The maximum absolute atomic E-state index is 12.1. The molecule has 126 valence electrons. The number of pyridine rings is 1. The van der Waals surface area contributed by atoms with Crippen LogP contribution in [0, 0.1) is 5.21 Å². The molecule has 6 heteroatoms. The summed E-state index contributed by atoms with van der Waals surface area (Å²) >= 11 is 0. The van der Waals surface area contributed by atoms with Crippen molar-refractivity contribution in [1.29, 1.82) is 0 Å². The Hall–Kier alpha value is -2.60. The number of ether oxygens (including phenoxy) is 1. The number of benzene rings is 1. The molecule has 0 bridgehead atoms. The molecule has 1 saturated heterocycles. The van der Waals surface area contributed by atoms with Crippen molar-refractivity contribution < 1.29 is 14.3 Å². The molecule has 0 radical (unpaired) electrons. The largest absolute Gasteiger partial charge is 0.619 e. The number of carbonyl (C=O) groups excluding carboxylic acids is 1. The van der Waals surface area contributed by atoms with Crippen LogP contribution >= 0.6 is 0 Å². The van der Waals surface area contributed by atoms with E-state index in [0.717, 1.165) is 18.8 Å². The van der Waals surface area contributed by atoms with Crippen LogP contribution in [0.15, 0.2) is 48.8 Å². The predicted molar refractivity (Wildman–Crippen MR) is 92.0 cm³/mol. The Morgan fingerprint density at radius 2 is 1.88 bits per heavy atom. The Bertz CT molecular complexity index is 708. The van der Waals surface area contributed by atoms with Gasteiger partial charge in [0, 0.05) is 30.5 Å². The van der Waals surface area contributed by atoms with E-state index in [0.29, 0.717) is 16.0 Å². The van der Waals surface area contributed by atoms with Gasteiger partial charge in [0.05, 0.1) is 12.2 Å². The van der Waals surface area contributed by atoms with Crippen molar-refractivity contribution in [3.8, 4) is 0 Å². The van der Waals surface area contributed by atoms with Crippen LogP contribution in [0.5, 0.6) is 0 Å². The number of aromatic nitrogens is 1. The number of hydrogen-bond acceptors (Lipinski definition) is 4. The molecule has 1 fully saturated rings. The summed E-state index contributed by atoms with van der Waals surface area (Å²) in [5.74, 6) is -0.304. The summed E-state index contributed by atoms with van der Waals surface area (Å²) in [6.45, 7) is 5.84. The van der Waals surface area contributed by atoms with Crippen molar-refractivity contribution >= 4 is 17.3 Å². The molecule has 0 saturated carbocycles. The van der Waals surface area contributed by atoms with Gasteiger partial charge in [-0.05, 0) is 44.2 Å². The lowest BCUT2D eigenvalue weighted by Crippen LogP contribution is -2.45. The third kappa shape index (κ3) is 3.83. The number of nitrogens with one attached hydrogen (secondary N) is 1. The van der Waals surface area contributed by atoms with Gasteiger partial charge in [-0.25, -0.2) is 0 Å². The second-order valence-electron chi connectivity index (χ2n) is 6.12. The van der Waals surface area contributed by atoms with Gasteiger partial charge in [0.1, 0.15) is 5.56 Å². The van der Waals surface area contributed by atoms with Crippen molar-refractivity contribution in [3.05, 3.63) is 59.6 Å². The summed E-state index contributed by atoms with van der Waals surface area (Å²) in [6, 6.07) is 10.9. The first-order valence-corrected chi connectivity index (χ1v) is 8.02. The molecular weight excluding hydrogens is 306 g/mol. The Labute approximate surface area is 141 Å². The molecular formula is C18H21N3O3. The summed E-state index contributed by atoms with van der Waals surface area (Å²) in [4.78, 5) is 14.4. The van der Waals surface area contributed by atoms with Gasteiger partial charge < -0.3 is 20.2 Å².